The smallest absolute Gasteiger partial charge is 0.225 e. The number of thiophene rings is 1. The third-order valence-electron chi connectivity index (χ3n) is 3.82. The molecule has 0 unspecified atom stereocenters. The normalized spacial score (nSPS) is 14.4. The third kappa shape index (κ3) is 3.80. The van der Waals surface area contributed by atoms with Crippen LogP contribution in [0, 0.1) is 6.92 Å². The van der Waals surface area contributed by atoms with Crippen molar-refractivity contribution in [1.29, 1.82) is 0 Å². The van der Waals surface area contributed by atoms with Crippen LogP contribution in [0.4, 0.5) is 5.95 Å². The molecule has 0 saturated heterocycles. The summed E-state index contributed by atoms with van der Waals surface area (Å²) < 4.78 is 0. The maximum atomic E-state index is 4.70. The number of nitrogens with zero attached hydrogens (tertiary/aromatic N) is 3. The first kappa shape index (κ1) is 14.5. The van der Waals surface area contributed by atoms with Gasteiger partial charge in [-0.25, -0.2) is 9.97 Å². The Kier molecular flexibility index (Phi) is 4.51. The van der Waals surface area contributed by atoms with Gasteiger partial charge in [-0.1, -0.05) is 6.07 Å². The van der Waals surface area contributed by atoms with Crippen molar-refractivity contribution in [2.24, 2.45) is 0 Å². The van der Waals surface area contributed by atoms with Gasteiger partial charge in [-0.15, -0.1) is 11.3 Å². The van der Waals surface area contributed by atoms with E-state index in [2.05, 4.69) is 46.6 Å². The molecule has 0 aromatic carbocycles. The Hall–Kier alpha value is -1.46. The number of anilines is 1. The van der Waals surface area contributed by atoms with Crippen LogP contribution in [0.1, 0.15) is 35.9 Å². The predicted molar refractivity (Wildman–Crippen MR) is 87.7 cm³/mol. The quantitative estimate of drug-likeness (QED) is 0.853. The van der Waals surface area contributed by atoms with Crippen molar-refractivity contribution in [3.8, 4) is 0 Å². The minimum atomic E-state index is 0.718. The van der Waals surface area contributed by atoms with E-state index in [1.54, 1.807) is 11.3 Å². The van der Waals surface area contributed by atoms with Crippen molar-refractivity contribution >= 4 is 17.3 Å². The molecule has 112 valence electrons. The summed E-state index contributed by atoms with van der Waals surface area (Å²) in [6.45, 7) is 6.90. The first-order chi connectivity index (χ1) is 10.3. The molecular formula is C16H22N4S. The van der Waals surface area contributed by atoms with Crippen molar-refractivity contribution in [2.45, 2.75) is 45.8 Å². The first-order valence-electron chi connectivity index (χ1n) is 7.59. The molecule has 4 nitrogen and oxygen atoms in total. The Morgan fingerprint density at radius 1 is 1.43 bits per heavy atom. The number of aryl methyl sites for hydroxylation is 1. The Labute approximate surface area is 130 Å². The molecule has 21 heavy (non-hydrogen) atoms. The average Bonchev–Trinajstić information content (AvgIpc) is 3.18. The van der Waals surface area contributed by atoms with Gasteiger partial charge in [0.1, 0.15) is 0 Å². The summed E-state index contributed by atoms with van der Waals surface area (Å²) in [5.74, 6) is 0.832. The summed E-state index contributed by atoms with van der Waals surface area (Å²) in [6.07, 6.45) is 4.59. The summed E-state index contributed by atoms with van der Waals surface area (Å²) in [4.78, 5) is 12.8. The zero-order valence-electron chi connectivity index (χ0n) is 12.7. The van der Waals surface area contributed by atoms with Crippen molar-refractivity contribution in [3.63, 3.8) is 0 Å². The Morgan fingerprint density at radius 3 is 2.90 bits per heavy atom. The van der Waals surface area contributed by atoms with Gasteiger partial charge in [0.15, 0.2) is 0 Å². The van der Waals surface area contributed by atoms with Crippen LogP contribution in [0.3, 0.4) is 0 Å². The first-order valence-corrected chi connectivity index (χ1v) is 8.47. The lowest BCUT2D eigenvalue weighted by Gasteiger charge is -2.21. The summed E-state index contributed by atoms with van der Waals surface area (Å²) >= 11 is 1.78. The Bertz CT molecular complexity index is 578. The zero-order valence-corrected chi connectivity index (χ0v) is 13.5. The highest BCUT2D eigenvalue weighted by molar-refractivity contribution is 7.09. The summed E-state index contributed by atoms with van der Waals surface area (Å²) in [6, 6.07) is 4.97. The molecule has 1 aliphatic carbocycles. The van der Waals surface area contributed by atoms with Crippen molar-refractivity contribution < 1.29 is 0 Å². The maximum Gasteiger partial charge on any atom is 0.225 e. The number of hydrogen-bond donors (Lipinski definition) is 1. The second-order valence-electron chi connectivity index (χ2n) is 5.53. The van der Waals surface area contributed by atoms with Crippen molar-refractivity contribution in [3.05, 3.63) is 39.8 Å². The predicted octanol–water partition coefficient (Wildman–Crippen LogP) is 3.13. The summed E-state index contributed by atoms with van der Waals surface area (Å²) in [5.41, 5.74) is 2.29. The second kappa shape index (κ2) is 6.54. The fourth-order valence-electron chi connectivity index (χ4n) is 2.26. The zero-order chi connectivity index (χ0) is 14.7. The van der Waals surface area contributed by atoms with Gasteiger partial charge >= 0.3 is 0 Å². The van der Waals surface area contributed by atoms with E-state index in [4.69, 9.17) is 4.98 Å². The maximum absolute atomic E-state index is 4.70. The van der Waals surface area contributed by atoms with Crippen LogP contribution in [-0.4, -0.2) is 22.6 Å². The van der Waals surface area contributed by atoms with Gasteiger partial charge in [0.25, 0.3) is 0 Å². The van der Waals surface area contributed by atoms with Gasteiger partial charge in [-0.2, -0.15) is 0 Å². The summed E-state index contributed by atoms with van der Waals surface area (Å²) in [7, 11) is 0. The minimum absolute atomic E-state index is 0.718. The SMILES string of the molecule is CCN(Cc1cccs1)c1ncc(CNC2CC2)c(C)n1. The van der Waals surface area contributed by atoms with Crippen LogP contribution in [0.15, 0.2) is 23.7 Å². The van der Waals surface area contributed by atoms with Gasteiger partial charge in [0, 0.05) is 41.5 Å². The lowest BCUT2D eigenvalue weighted by Crippen LogP contribution is -2.24. The van der Waals surface area contributed by atoms with Gasteiger partial charge < -0.3 is 10.2 Å². The molecule has 0 bridgehead atoms. The van der Waals surface area contributed by atoms with Crippen LogP contribution >= 0.6 is 11.3 Å². The highest BCUT2D eigenvalue weighted by atomic mass is 32.1. The molecule has 0 radical (unpaired) electrons. The largest absolute Gasteiger partial charge is 0.336 e. The fourth-order valence-corrected chi connectivity index (χ4v) is 2.98. The summed E-state index contributed by atoms with van der Waals surface area (Å²) in [5, 5.41) is 5.63. The molecule has 3 rings (SSSR count). The van der Waals surface area contributed by atoms with Gasteiger partial charge in [-0.3, -0.25) is 0 Å². The average molecular weight is 302 g/mol. The highest BCUT2D eigenvalue weighted by Gasteiger charge is 2.20. The number of nitrogens with one attached hydrogen (secondary N) is 1. The third-order valence-corrected chi connectivity index (χ3v) is 4.68. The number of hydrogen-bond acceptors (Lipinski definition) is 5. The van der Waals surface area contributed by atoms with Crippen molar-refractivity contribution in [2.75, 3.05) is 11.4 Å². The molecule has 0 atom stereocenters. The van der Waals surface area contributed by atoms with Crippen LogP contribution in [0.25, 0.3) is 0 Å². The highest BCUT2D eigenvalue weighted by Crippen LogP contribution is 2.20. The second-order valence-corrected chi connectivity index (χ2v) is 6.56. The Morgan fingerprint density at radius 2 is 2.29 bits per heavy atom. The molecule has 1 N–H and O–H groups in total. The van der Waals surface area contributed by atoms with Crippen LogP contribution in [-0.2, 0) is 13.1 Å². The van der Waals surface area contributed by atoms with E-state index < -0.39 is 0 Å². The van der Waals surface area contributed by atoms with E-state index in [9.17, 15) is 0 Å². The van der Waals surface area contributed by atoms with E-state index >= 15 is 0 Å². The van der Waals surface area contributed by atoms with Gasteiger partial charge in [0.05, 0.1) is 6.54 Å². The monoisotopic (exact) mass is 302 g/mol. The molecule has 2 heterocycles. The molecule has 1 fully saturated rings. The Balaban J connectivity index is 1.69. The van der Waals surface area contributed by atoms with E-state index in [0.29, 0.717) is 0 Å². The minimum Gasteiger partial charge on any atom is -0.336 e. The lowest BCUT2D eigenvalue weighted by molar-refractivity contribution is 0.677. The molecule has 0 aliphatic heterocycles. The molecule has 2 aromatic heterocycles. The molecular weight excluding hydrogens is 280 g/mol. The van der Waals surface area contributed by atoms with E-state index in [1.807, 2.05) is 6.20 Å². The van der Waals surface area contributed by atoms with Gasteiger partial charge in [0.2, 0.25) is 5.95 Å². The fraction of sp³-hybridized carbons (Fsp3) is 0.500. The topological polar surface area (TPSA) is 41.1 Å². The van der Waals surface area contributed by atoms with E-state index in [-0.39, 0.29) is 0 Å². The lowest BCUT2D eigenvalue weighted by atomic mass is 10.2. The molecule has 0 amide bonds. The molecule has 1 aliphatic rings. The standard InChI is InChI=1S/C16H22N4S/c1-3-20(11-15-5-4-8-21-15)16-18-10-13(12(2)19-16)9-17-14-6-7-14/h4-5,8,10,14,17H,3,6-7,9,11H2,1-2H3. The van der Waals surface area contributed by atoms with Crippen LogP contribution in [0.2, 0.25) is 0 Å². The van der Waals surface area contributed by atoms with Gasteiger partial charge in [-0.05, 0) is 38.1 Å². The van der Waals surface area contributed by atoms with Crippen LogP contribution < -0.4 is 10.2 Å². The molecule has 1 saturated carbocycles. The van der Waals surface area contributed by atoms with Crippen LogP contribution in [0.5, 0.6) is 0 Å². The van der Waals surface area contributed by atoms with E-state index in [0.717, 1.165) is 37.3 Å². The molecule has 5 heteroatoms. The number of aromatic nitrogens is 2. The number of rotatable bonds is 7. The van der Waals surface area contributed by atoms with Crippen molar-refractivity contribution in [1.82, 2.24) is 15.3 Å². The molecule has 2 aromatic rings. The van der Waals surface area contributed by atoms with E-state index in [1.165, 1.54) is 23.3 Å². The molecule has 0 spiro atoms.